The van der Waals surface area contributed by atoms with Crippen molar-refractivity contribution in [2.24, 2.45) is 11.7 Å². The van der Waals surface area contributed by atoms with Gasteiger partial charge in [-0.05, 0) is 25.7 Å². The van der Waals surface area contributed by atoms with Crippen LogP contribution < -0.4 is 5.73 Å². The molecule has 0 spiro atoms. The summed E-state index contributed by atoms with van der Waals surface area (Å²) in [5, 5.41) is 9.50. The molecule has 1 aliphatic heterocycles. The normalized spacial score (nSPS) is 22.1. The Kier molecular flexibility index (Phi) is 4.50. The molecule has 5 nitrogen and oxygen atoms in total. The Bertz CT molecular complexity index is 211. The molecular weight excluding hydrogens is 198 g/mol. The van der Waals surface area contributed by atoms with E-state index in [4.69, 9.17) is 15.2 Å². The number of hydrogen-bond donors (Lipinski definition) is 2. The second-order valence-corrected chi connectivity index (χ2v) is 4.13. The summed E-state index contributed by atoms with van der Waals surface area (Å²) < 4.78 is 10.2. The summed E-state index contributed by atoms with van der Waals surface area (Å²) in [5.41, 5.74) is 3.68. The molecule has 0 aromatic carbocycles. The van der Waals surface area contributed by atoms with Crippen LogP contribution in [-0.4, -0.2) is 43.0 Å². The smallest absolute Gasteiger partial charge is 0.339 e. The molecule has 1 atom stereocenters. The Morgan fingerprint density at radius 1 is 1.60 bits per heavy atom. The summed E-state index contributed by atoms with van der Waals surface area (Å²) in [6, 6.07) is 0. The third kappa shape index (κ3) is 3.77. The van der Waals surface area contributed by atoms with E-state index in [9.17, 15) is 9.90 Å². The van der Waals surface area contributed by atoms with Gasteiger partial charge >= 0.3 is 5.97 Å². The van der Waals surface area contributed by atoms with Crippen LogP contribution in [0.1, 0.15) is 19.8 Å². The topological polar surface area (TPSA) is 81.8 Å². The van der Waals surface area contributed by atoms with E-state index < -0.39 is 11.6 Å². The predicted molar refractivity (Wildman–Crippen MR) is 54.2 cm³/mol. The summed E-state index contributed by atoms with van der Waals surface area (Å²) in [6.45, 7) is 3.02. The van der Waals surface area contributed by atoms with Crippen LogP contribution >= 0.6 is 0 Å². The van der Waals surface area contributed by atoms with E-state index in [1.807, 2.05) is 0 Å². The molecule has 1 aliphatic rings. The van der Waals surface area contributed by atoms with Gasteiger partial charge in [-0.2, -0.15) is 0 Å². The molecule has 15 heavy (non-hydrogen) atoms. The van der Waals surface area contributed by atoms with Gasteiger partial charge in [-0.1, -0.05) is 0 Å². The van der Waals surface area contributed by atoms with Gasteiger partial charge in [-0.15, -0.1) is 0 Å². The molecule has 1 saturated heterocycles. The van der Waals surface area contributed by atoms with E-state index in [2.05, 4.69) is 0 Å². The largest absolute Gasteiger partial charge is 0.463 e. The number of rotatable bonds is 4. The van der Waals surface area contributed by atoms with Crippen LogP contribution in [-0.2, 0) is 14.3 Å². The molecule has 0 aromatic heterocycles. The molecule has 0 aromatic rings. The molecule has 0 bridgehead atoms. The van der Waals surface area contributed by atoms with Crippen LogP contribution in [0, 0.1) is 5.92 Å². The average molecular weight is 217 g/mol. The van der Waals surface area contributed by atoms with Crippen molar-refractivity contribution in [3.63, 3.8) is 0 Å². The Morgan fingerprint density at radius 2 is 2.20 bits per heavy atom. The maximum Gasteiger partial charge on any atom is 0.339 e. The quantitative estimate of drug-likeness (QED) is 0.630. The molecule has 1 fully saturated rings. The van der Waals surface area contributed by atoms with Gasteiger partial charge in [0.15, 0.2) is 5.60 Å². The predicted octanol–water partition coefficient (Wildman–Crippen LogP) is -0.334. The molecular formula is C10H19NO4. The second kappa shape index (κ2) is 5.44. The Labute approximate surface area is 89.5 Å². The summed E-state index contributed by atoms with van der Waals surface area (Å²) >= 11 is 0. The molecule has 0 radical (unpaired) electrons. The lowest BCUT2D eigenvalue weighted by Gasteiger charge is -2.24. The highest BCUT2D eigenvalue weighted by atomic mass is 16.5. The maximum absolute atomic E-state index is 11.4. The number of hydrogen-bond acceptors (Lipinski definition) is 5. The third-order valence-electron chi connectivity index (χ3n) is 2.63. The number of nitrogens with two attached hydrogens (primary N) is 1. The van der Waals surface area contributed by atoms with Gasteiger partial charge in [0.2, 0.25) is 0 Å². The van der Waals surface area contributed by atoms with Gasteiger partial charge in [-0.25, -0.2) is 4.79 Å². The minimum Gasteiger partial charge on any atom is -0.463 e. The minimum atomic E-state index is -1.56. The highest BCUT2D eigenvalue weighted by Gasteiger charge is 2.31. The van der Waals surface area contributed by atoms with Crippen LogP contribution in [0.15, 0.2) is 0 Å². The highest BCUT2D eigenvalue weighted by Crippen LogP contribution is 2.15. The molecule has 5 heteroatoms. The molecule has 1 rings (SSSR count). The summed E-state index contributed by atoms with van der Waals surface area (Å²) in [7, 11) is 0. The van der Waals surface area contributed by atoms with E-state index in [0.29, 0.717) is 12.5 Å². The lowest BCUT2D eigenvalue weighted by atomic mass is 10.0. The Hall–Kier alpha value is -0.650. The van der Waals surface area contributed by atoms with Crippen molar-refractivity contribution in [1.82, 2.24) is 0 Å². The fraction of sp³-hybridized carbons (Fsp3) is 0.900. The van der Waals surface area contributed by atoms with E-state index in [0.717, 1.165) is 26.1 Å². The zero-order chi connectivity index (χ0) is 11.3. The Balaban J connectivity index is 2.26. The highest BCUT2D eigenvalue weighted by molar-refractivity contribution is 5.79. The van der Waals surface area contributed by atoms with Crippen LogP contribution in [0.2, 0.25) is 0 Å². The molecule has 1 heterocycles. The standard InChI is InChI=1S/C10H19NO4/c1-10(13,7-11)9(12)15-6-8-2-4-14-5-3-8/h8,13H,2-7,11H2,1H3. The van der Waals surface area contributed by atoms with Gasteiger partial charge in [0.25, 0.3) is 0 Å². The number of aliphatic hydroxyl groups is 1. The monoisotopic (exact) mass is 217 g/mol. The molecule has 1 unspecified atom stereocenters. The van der Waals surface area contributed by atoms with Gasteiger partial charge in [-0.3, -0.25) is 0 Å². The number of carbonyl (C=O) groups excluding carboxylic acids is 1. The van der Waals surface area contributed by atoms with Gasteiger partial charge < -0.3 is 20.3 Å². The fourth-order valence-corrected chi connectivity index (χ4v) is 1.35. The SMILES string of the molecule is CC(O)(CN)C(=O)OCC1CCOCC1. The van der Waals surface area contributed by atoms with Crippen molar-refractivity contribution >= 4 is 5.97 Å². The van der Waals surface area contributed by atoms with Gasteiger partial charge in [0.05, 0.1) is 6.61 Å². The molecule has 88 valence electrons. The number of ether oxygens (including phenoxy) is 2. The van der Waals surface area contributed by atoms with Crippen LogP contribution in [0.4, 0.5) is 0 Å². The zero-order valence-electron chi connectivity index (χ0n) is 9.07. The maximum atomic E-state index is 11.4. The summed E-state index contributed by atoms with van der Waals surface area (Å²) in [6.07, 6.45) is 1.80. The molecule has 0 saturated carbocycles. The lowest BCUT2D eigenvalue weighted by molar-refractivity contribution is -0.164. The van der Waals surface area contributed by atoms with E-state index in [1.54, 1.807) is 0 Å². The van der Waals surface area contributed by atoms with Crippen LogP contribution in [0.25, 0.3) is 0 Å². The van der Waals surface area contributed by atoms with Crippen molar-refractivity contribution in [3.05, 3.63) is 0 Å². The van der Waals surface area contributed by atoms with Crippen molar-refractivity contribution < 1.29 is 19.4 Å². The first kappa shape index (κ1) is 12.4. The van der Waals surface area contributed by atoms with Crippen LogP contribution in [0.3, 0.4) is 0 Å². The van der Waals surface area contributed by atoms with Crippen molar-refractivity contribution in [1.29, 1.82) is 0 Å². The zero-order valence-corrected chi connectivity index (χ0v) is 9.07. The second-order valence-electron chi connectivity index (χ2n) is 4.13. The van der Waals surface area contributed by atoms with E-state index >= 15 is 0 Å². The van der Waals surface area contributed by atoms with Crippen molar-refractivity contribution in [2.45, 2.75) is 25.4 Å². The number of carbonyl (C=O) groups is 1. The van der Waals surface area contributed by atoms with Crippen LogP contribution in [0.5, 0.6) is 0 Å². The van der Waals surface area contributed by atoms with E-state index in [-0.39, 0.29) is 6.54 Å². The number of esters is 1. The lowest BCUT2D eigenvalue weighted by Crippen LogP contribution is -2.44. The summed E-state index contributed by atoms with van der Waals surface area (Å²) in [4.78, 5) is 11.4. The Morgan fingerprint density at radius 3 is 2.73 bits per heavy atom. The van der Waals surface area contributed by atoms with Gasteiger partial charge in [0, 0.05) is 19.8 Å². The first-order valence-electron chi connectivity index (χ1n) is 5.23. The van der Waals surface area contributed by atoms with Crippen molar-refractivity contribution in [3.8, 4) is 0 Å². The minimum absolute atomic E-state index is 0.125. The first-order valence-corrected chi connectivity index (χ1v) is 5.23. The molecule has 0 amide bonds. The average Bonchev–Trinajstić information content (AvgIpc) is 2.27. The van der Waals surface area contributed by atoms with Gasteiger partial charge in [0.1, 0.15) is 0 Å². The fourth-order valence-electron chi connectivity index (χ4n) is 1.35. The third-order valence-corrected chi connectivity index (χ3v) is 2.63. The van der Waals surface area contributed by atoms with Crippen molar-refractivity contribution in [2.75, 3.05) is 26.4 Å². The first-order chi connectivity index (χ1) is 7.06. The molecule has 0 aliphatic carbocycles. The molecule has 3 N–H and O–H groups in total. The summed E-state index contributed by atoms with van der Waals surface area (Å²) in [5.74, 6) is -0.298. The van der Waals surface area contributed by atoms with E-state index in [1.165, 1.54) is 6.92 Å².